The summed E-state index contributed by atoms with van der Waals surface area (Å²) in [6.45, 7) is 7.22. The third-order valence-electron chi connectivity index (χ3n) is 3.75. The number of rotatable bonds is 4. The molecule has 5 heteroatoms. The second-order valence-corrected chi connectivity index (χ2v) is 4.80. The summed E-state index contributed by atoms with van der Waals surface area (Å²) < 4.78 is 18.0. The van der Waals surface area contributed by atoms with Crippen LogP contribution in [0.5, 0.6) is 0 Å². The molecule has 0 N–H and O–H groups in total. The topological polar surface area (TPSA) is 54.5 Å². The molecule has 1 saturated carbocycles. The lowest BCUT2D eigenvalue weighted by Gasteiger charge is -2.29. The van der Waals surface area contributed by atoms with Crippen LogP contribution in [0.1, 0.15) is 18.4 Å². The fourth-order valence-electron chi connectivity index (χ4n) is 2.68. The summed E-state index contributed by atoms with van der Waals surface area (Å²) in [5, 5.41) is 9.25. The Kier molecular flexibility index (Phi) is 3.72. The Balaban J connectivity index is 2.64. The second-order valence-electron chi connectivity index (χ2n) is 4.80. The number of hydrogen-bond acceptors (Lipinski definition) is 3. The van der Waals surface area contributed by atoms with Crippen molar-refractivity contribution in [2.45, 2.75) is 24.3 Å². The maximum absolute atomic E-state index is 13.1. The number of benzene rings is 1. The van der Waals surface area contributed by atoms with E-state index < -0.39 is 23.2 Å². The standard InChI is InChI=1S/C15H13FN2O2/c1-18-13(9-17)15(10-3-4-10,14(19)20-2)11-5-7-12(16)8-6-11/h5-8,10,13H,3-4H2,2H3. The minimum atomic E-state index is -1.32. The lowest BCUT2D eigenvalue weighted by atomic mass is 9.70. The van der Waals surface area contributed by atoms with Gasteiger partial charge in [0, 0.05) is 0 Å². The van der Waals surface area contributed by atoms with Crippen molar-refractivity contribution >= 4 is 5.97 Å². The lowest BCUT2D eigenvalue weighted by molar-refractivity contribution is -0.148. The maximum atomic E-state index is 13.1. The van der Waals surface area contributed by atoms with Crippen LogP contribution in [0, 0.1) is 29.6 Å². The van der Waals surface area contributed by atoms with E-state index in [0.717, 1.165) is 12.8 Å². The summed E-state index contributed by atoms with van der Waals surface area (Å²) in [5.74, 6) is -1.15. The molecule has 1 aliphatic rings. The SMILES string of the molecule is [C-]#[N+]C(C#N)C(C(=O)OC)(c1ccc(F)cc1)C1CC1. The molecular weight excluding hydrogens is 259 g/mol. The van der Waals surface area contributed by atoms with Crippen LogP contribution in [0.2, 0.25) is 0 Å². The average molecular weight is 272 g/mol. The van der Waals surface area contributed by atoms with Crippen LogP contribution in [0.25, 0.3) is 4.85 Å². The average Bonchev–Trinajstić information content (AvgIpc) is 3.30. The van der Waals surface area contributed by atoms with Crippen molar-refractivity contribution in [2.75, 3.05) is 7.11 Å². The van der Waals surface area contributed by atoms with E-state index in [4.69, 9.17) is 11.3 Å². The van der Waals surface area contributed by atoms with Gasteiger partial charge in [0.2, 0.25) is 0 Å². The van der Waals surface area contributed by atoms with E-state index in [-0.39, 0.29) is 5.92 Å². The molecule has 2 atom stereocenters. The van der Waals surface area contributed by atoms with Crippen molar-refractivity contribution in [3.8, 4) is 6.07 Å². The molecule has 0 bridgehead atoms. The number of halogens is 1. The van der Waals surface area contributed by atoms with Gasteiger partial charge in [-0.25, -0.2) is 11.0 Å². The van der Waals surface area contributed by atoms with Gasteiger partial charge in [-0.1, -0.05) is 12.1 Å². The van der Waals surface area contributed by atoms with E-state index in [1.807, 2.05) is 6.07 Å². The van der Waals surface area contributed by atoms with Crippen molar-refractivity contribution in [3.05, 3.63) is 47.1 Å². The fourth-order valence-corrected chi connectivity index (χ4v) is 2.68. The molecule has 20 heavy (non-hydrogen) atoms. The number of nitriles is 1. The Morgan fingerprint density at radius 2 is 2.15 bits per heavy atom. The number of ether oxygens (including phenoxy) is 1. The van der Waals surface area contributed by atoms with Gasteiger partial charge in [0.05, 0.1) is 7.11 Å². The highest BCUT2D eigenvalue weighted by Gasteiger charge is 2.62. The summed E-state index contributed by atoms with van der Waals surface area (Å²) in [5.41, 5.74) is -0.852. The molecule has 0 spiro atoms. The van der Waals surface area contributed by atoms with Gasteiger partial charge in [-0.3, -0.25) is 9.64 Å². The predicted octanol–water partition coefficient (Wildman–Crippen LogP) is 2.46. The van der Waals surface area contributed by atoms with E-state index in [9.17, 15) is 14.4 Å². The number of methoxy groups -OCH3 is 1. The molecule has 1 aromatic carbocycles. The summed E-state index contributed by atoms with van der Waals surface area (Å²) in [6, 6.07) is 6.10. The van der Waals surface area contributed by atoms with Crippen molar-refractivity contribution in [1.29, 1.82) is 5.26 Å². The molecule has 0 aromatic heterocycles. The Hall–Kier alpha value is -2.40. The molecule has 1 aromatic rings. The normalized spacial score (nSPS) is 18.2. The summed E-state index contributed by atoms with van der Waals surface area (Å²) in [4.78, 5) is 15.7. The van der Waals surface area contributed by atoms with Gasteiger partial charge >= 0.3 is 12.0 Å². The van der Waals surface area contributed by atoms with Crippen LogP contribution in [-0.2, 0) is 14.9 Å². The smallest absolute Gasteiger partial charge is 0.327 e. The minimum absolute atomic E-state index is 0.112. The van der Waals surface area contributed by atoms with Crippen molar-refractivity contribution < 1.29 is 13.9 Å². The minimum Gasteiger partial charge on any atom is -0.468 e. The quantitative estimate of drug-likeness (QED) is 0.625. The highest BCUT2D eigenvalue weighted by Crippen LogP contribution is 2.51. The third-order valence-corrected chi connectivity index (χ3v) is 3.75. The van der Waals surface area contributed by atoms with Gasteiger partial charge in [0.15, 0.2) is 11.5 Å². The zero-order chi connectivity index (χ0) is 14.8. The Bertz CT molecular complexity index is 582. The summed E-state index contributed by atoms with van der Waals surface area (Å²) in [7, 11) is 1.24. The molecular formula is C15H13FN2O2. The Morgan fingerprint density at radius 1 is 1.55 bits per heavy atom. The van der Waals surface area contributed by atoms with Crippen molar-refractivity contribution in [1.82, 2.24) is 0 Å². The molecule has 0 aliphatic heterocycles. The summed E-state index contributed by atoms with van der Waals surface area (Å²) >= 11 is 0. The fraction of sp³-hybridized carbons (Fsp3) is 0.400. The largest absolute Gasteiger partial charge is 0.468 e. The van der Waals surface area contributed by atoms with Gasteiger partial charge in [-0.2, -0.15) is 5.26 Å². The molecule has 1 aliphatic carbocycles. The van der Waals surface area contributed by atoms with E-state index in [1.165, 1.54) is 31.4 Å². The first-order valence-corrected chi connectivity index (χ1v) is 6.21. The van der Waals surface area contributed by atoms with Gasteiger partial charge in [-0.05, 0) is 36.5 Å². The number of nitrogens with zero attached hydrogens (tertiary/aromatic N) is 2. The van der Waals surface area contributed by atoms with Gasteiger partial charge in [-0.15, -0.1) is 0 Å². The van der Waals surface area contributed by atoms with Crippen molar-refractivity contribution in [2.24, 2.45) is 5.92 Å². The lowest BCUT2D eigenvalue weighted by Crippen LogP contribution is -2.47. The first kappa shape index (κ1) is 14.0. The molecule has 1 fully saturated rings. The van der Waals surface area contributed by atoms with Crippen molar-refractivity contribution in [3.63, 3.8) is 0 Å². The molecule has 0 heterocycles. The highest BCUT2D eigenvalue weighted by molar-refractivity contribution is 5.86. The number of carbonyl (C=O) groups excluding carboxylic acids is 1. The number of hydrogen-bond donors (Lipinski definition) is 0. The van der Waals surface area contributed by atoms with Crippen LogP contribution >= 0.6 is 0 Å². The molecule has 102 valence electrons. The molecule has 2 rings (SSSR count). The first-order chi connectivity index (χ1) is 9.60. The molecule has 2 unspecified atom stereocenters. The Morgan fingerprint density at radius 3 is 2.55 bits per heavy atom. The second kappa shape index (κ2) is 5.30. The monoisotopic (exact) mass is 272 g/mol. The van der Waals surface area contributed by atoms with Crippen LogP contribution in [-0.4, -0.2) is 19.1 Å². The highest BCUT2D eigenvalue weighted by atomic mass is 19.1. The number of carbonyl (C=O) groups is 1. The van der Waals surface area contributed by atoms with Gasteiger partial charge in [0.1, 0.15) is 5.82 Å². The van der Waals surface area contributed by atoms with Crippen LogP contribution in [0.3, 0.4) is 0 Å². The Labute approximate surface area is 116 Å². The summed E-state index contributed by atoms with van der Waals surface area (Å²) in [6.07, 6.45) is 1.50. The van der Waals surface area contributed by atoms with E-state index >= 15 is 0 Å². The number of esters is 1. The maximum Gasteiger partial charge on any atom is 0.327 e. The molecule has 0 radical (unpaired) electrons. The first-order valence-electron chi connectivity index (χ1n) is 6.21. The van der Waals surface area contributed by atoms with Gasteiger partial charge < -0.3 is 4.74 Å². The van der Waals surface area contributed by atoms with E-state index in [0.29, 0.717) is 5.56 Å². The molecule has 0 amide bonds. The van der Waals surface area contributed by atoms with E-state index in [2.05, 4.69) is 4.85 Å². The zero-order valence-corrected chi connectivity index (χ0v) is 11.0. The van der Waals surface area contributed by atoms with Crippen LogP contribution in [0.15, 0.2) is 24.3 Å². The molecule has 4 nitrogen and oxygen atoms in total. The van der Waals surface area contributed by atoms with E-state index in [1.54, 1.807) is 0 Å². The third kappa shape index (κ3) is 2.02. The van der Waals surface area contributed by atoms with Crippen LogP contribution in [0.4, 0.5) is 4.39 Å². The zero-order valence-electron chi connectivity index (χ0n) is 11.0. The molecule has 0 saturated heterocycles. The predicted molar refractivity (Wildman–Crippen MR) is 68.8 cm³/mol. The van der Waals surface area contributed by atoms with Gasteiger partial charge in [0.25, 0.3) is 0 Å². The van der Waals surface area contributed by atoms with Crippen LogP contribution < -0.4 is 0 Å².